The molecule has 148 valence electrons. The van der Waals surface area contributed by atoms with Gasteiger partial charge in [-0.25, -0.2) is 0 Å². The third-order valence-electron chi connectivity index (χ3n) is 5.25. The number of nitrogens with one attached hydrogen (secondary N) is 1. The number of carbonyl (C=O) groups is 2. The molecule has 4 rings (SSSR count). The SMILES string of the molecule is Cc1ccc(C(C(=O)NC(C)(C)C)N2Cc3cc4ccccc4cc3C2=O)cc1. The molecule has 2 amide bonds. The minimum atomic E-state index is -0.669. The zero-order chi connectivity index (χ0) is 20.8. The molecule has 1 atom stereocenters. The van der Waals surface area contributed by atoms with Gasteiger partial charge < -0.3 is 10.2 Å². The largest absolute Gasteiger partial charge is 0.349 e. The summed E-state index contributed by atoms with van der Waals surface area (Å²) in [5, 5.41) is 5.19. The molecule has 4 nitrogen and oxygen atoms in total. The molecular weight excluding hydrogens is 360 g/mol. The van der Waals surface area contributed by atoms with Gasteiger partial charge in [0.1, 0.15) is 6.04 Å². The van der Waals surface area contributed by atoms with Crippen LogP contribution >= 0.6 is 0 Å². The number of rotatable bonds is 3. The Bertz CT molecular complexity index is 1090. The fourth-order valence-electron chi connectivity index (χ4n) is 3.90. The van der Waals surface area contributed by atoms with Gasteiger partial charge in [0.25, 0.3) is 5.91 Å². The molecule has 4 heteroatoms. The van der Waals surface area contributed by atoms with Gasteiger partial charge in [-0.1, -0.05) is 54.1 Å². The molecule has 0 bridgehead atoms. The molecule has 1 heterocycles. The van der Waals surface area contributed by atoms with Gasteiger partial charge in [-0.05, 0) is 61.7 Å². The number of nitrogens with zero attached hydrogens (tertiary/aromatic N) is 1. The van der Waals surface area contributed by atoms with Crippen molar-refractivity contribution in [3.05, 3.63) is 82.9 Å². The van der Waals surface area contributed by atoms with Crippen molar-refractivity contribution in [2.75, 3.05) is 0 Å². The fraction of sp³-hybridized carbons (Fsp3) is 0.280. The van der Waals surface area contributed by atoms with Crippen LogP contribution in [0.2, 0.25) is 0 Å². The molecule has 0 saturated carbocycles. The van der Waals surface area contributed by atoms with Crippen molar-refractivity contribution in [2.45, 2.75) is 45.8 Å². The highest BCUT2D eigenvalue weighted by Crippen LogP contribution is 2.34. The second-order valence-electron chi connectivity index (χ2n) is 8.84. The second kappa shape index (κ2) is 7.03. The molecule has 0 radical (unpaired) electrons. The number of hydrogen-bond donors (Lipinski definition) is 1. The summed E-state index contributed by atoms with van der Waals surface area (Å²) < 4.78 is 0. The summed E-state index contributed by atoms with van der Waals surface area (Å²) in [6.07, 6.45) is 0. The molecule has 0 fully saturated rings. The first-order valence-electron chi connectivity index (χ1n) is 9.94. The van der Waals surface area contributed by atoms with Gasteiger partial charge in [0.2, 0.25) is 5.91 Å². The Labute approximate surface area is 171 Å². The Morgan fingerprint density at radius 1 is 1.00 bits per heavy atom. The maximum absolute atomic E-state index is 13.3. The van der Waals surface area contributed by atoms with Crippen LogP contribution in [-0.2, 0) is 11.3 Å². The highest BCUT2D eigenvalue weighted by atomic mass is 16.2. The monoisotopic (exact) mass is 386 g/mol. The van der Waals surface area contributed by atoms with E-state index < -0.39 is 6.04 Å². The topological polar surface area (TPSA) is 49.4 Å². The lowest BCUT2D eigenvalue weighted by atomic mass is 10.0. The first-order chi connectivity index (χ1) is 13.7. The van der Waals surface area contributed by atoms with Gasteiger partial charge in [0.05, 0.1) is 0 Å². The molecular formula is C25H26N2O2. The van der Waals surface area contributed by atoms with E-state index in [2.05, 4.69) is 11.4 Å². The lowest BCUT2D eigenvalue weighted by Crippen LogP contribution is -2.47. The van der Waals surface area contributed by atoms with Gasteiger partial charge in [0.15, 0.2) is 0 Å². The van der Waals surface area contributed by atoms with Crippen LogP contribution in [-0.4, -0.2) is 22.3 Å². The summed E-state index contributed by atoms with van der Waals surface area (Å²) in [6.45, 7) is 8.28. The number of carbonyl (C=O) groups excluding carboxylic acids is 2. The van der Waals surface area contributed by atoms with E-state index in [9.17, 15) is 9.59 Å². The minimum absolute atomic E-state index is 0.0969. The summed E-state index contributed by atoms with van der Waals surface area (Å²) in [6, 6.07) is 19.2. The Morgan fingerprint density at radius 2 is 1.62 bits per heavy atom. The maximum Gasteiger partial charge on any atom is 0.255 e. The van der Waals surface area contributed by atoms with E-state index in [1.165, 1.54) is 0 Å². The minimum Gasteiger partial charge on any atom is -0.349 e. The Balaban J connectivity index is 1.76. The molecule has 0 spiro atoms. The Morgan fingerprint density at radius 3 is 2.24 bits per heavy atom. The lowest BCUT2D eigenvalue weighted by Gasteiger charge is -2.31. The maximum atomic E-state index is 13.3. The third-order valence-corrected chi connectivity index (χ3v) is 5.25. The number of hydrogen-bond acceptors (Lipinski definition) is 2. The molecule has 1 N–H and O–H groups in total. The number of amides is 2. The molecule has 0 aliphatic carbocycles. The number of aryl methyl sites for hydroxylation is 1. The first-order valence-corrected chi connectivity index (χ1v) is 9.94. The summed E-state index contributed by atoms with van der Waals surface area (Å²) in [7, 11) is 0. The average molecular weight is 386 g/mol. The molecule has 29 heavy (non-hydrogen) atoms. The van der Waals surface area contributed by atoms with E-state index in [0.29, 0.717) is 12.1 Å². The molecule has 0 saturated heterocycles. The normalized spacial score (nSPS) is 14.8. The van der Waals surface area contributed by atoms with Gasteiger partial charge in [-0.2, -0.15) is 0 Å². The van der Waals surface area contributed by atoms with Crippen molar-refractivity contribution in [1.82, 2.24) is 10.2 Å². The van der Waals surface area contributed by atoms with Crippen LogP contribution in [0.5, 0.6) is 0 Å². The van der Waals surface area contributed by atoms with Crippen LogP contribution < -0.4 is 5.32 Å². The van der Waals surface area contributed by atoms with Crippen LogP contribution in [0.25, 0.3) is 10.8 Å². The lowest BCUT2D eigenvalue weighted by molar-refractivity contribution is -0.127. The van der Waals surface area contributed by atoms with Crippen LogP contribution in [0.3, 0.4) is 0 Å². The first kappa shape index (κ1) is 19.2. The summed E-state index contributed by atoms with van der Waals surface area (Å²) in [4.78, 5) is 28.3. The molecule has 3 aromatic carbocycles. The van der Waals surface area contributed by atoms with E-state index in [-0.39, 0.29) is 17.4 Å². The van der Waals surface area contributed by atoms with E-state index in [4.69, 9.17) is 0 Å². The van der Waals surface area contributed by atoms with Crippen LogP contribution in [0.4, 0.5) is 0 Å². The van der Waals surface area contributed by atoms with E-state index in [0.717, 1.165) is 27.5 Å². The van der Waals surface area contributed by atoms with Gasteiger partial charge >= 0.3 is 0 Å². The summed E-state index contributed by atoms with van der Waals surface area (Å²) in [5.74, 6) is -0.257. The average Bonchev–Trinajstić information content (AvgIpc) is 2.96. The smallest absolute Gasteiger partial charge is 0.255 e. The van der Waals surface area contributed by atoms with Crippen molar-refractivity contribution >= 4 is 22.6 Å². The summed E-state index contributed by atoms with van der Waals surface area (Å²) in [5.41, 5.74) is 3.21. The molecule has 0 aromatic heterocycles. The second-order valence-corrected chi connectivity index (χ2v) is 8.84. The molecule has 3 aromatic rings. The third kappa shape index (κ3) is 3.75. The van der Waals surface area contributed by atoms with Crippen molar-refractivity contribution in [3.63, 3.8) is 0 Å². The van der Waals surface area contributed by atoms with Crippen molar-refractivity contribution in [3.8, 4) is 0 Å². The van der Waals surface area contributed by atoms with E-state index in [1.54, 1.807) is 4.90 Å². The molecule has 1 aliphatic rings. The van der Waals surface area contributed by atoms with Crippen LogP contribution in [0.15, 0.2) is 60.7 Å². The fourth-order valence-corrected chi connectivity index (χ4v) is 3.90. The highest BCUT2D eigenvalue weighted by Gasteiger charge is 2.38. The van der Waals surface area contributed by atoms with Crippen LogP contribution in [0.1, 0.15) is 53.9 Å². The van der Waals surface area contributed by atoms with Gasteiger partial charge in [-0.15, -0.1) is 0 Å². The highest BCUT2D eigenvalue weighted by molar-refractivity contribution is 6.04. The predicted octanol–water partition coefficient (Wildman–Crippen LogP) is 4.76. The quantitative estimate of drug-likeness (QED) is 0.705. The molecule has 1 aliphatic heterocycles. The zero-order valence-corrected chi connectivity index (χ0v) is 17.3. The van der Waals surface area contributed by atoms with E-state index >= 15 is 0 Å². The van der Waals surface area contributed by atoms with Gasteiger partial charge in [0, 0.05) is 17.6 Å². The van der Waals surface area contributed by atoms with Crippen molar-refractivity contribution < 1.29 is 9.59 Å². The zero-order valence-electron chi connectivity index (χ0n) is 17.3. The van der Waals surface area contributed by atoms with Gasteiger partial charge in [-0.3, -0.25) is 9.59 Å². The van der Waals surface area contributed by atoms with Crippen LogP contribution in [0, 0.1) is 6.92 Å². The molecule has 1 unspecified atom stereocenters. The van der Waals surface area contributed by atoms with E-state index in [1.807, 2.05) is 82.3 Å². The Kier molecular flexibility index (Phi) is 4.65. The van der Waals surface area contributed by atoms with Crippen molar-refractivity contribution in [1.29, 1.82) is 0 Å². The number of benzene rings is 3. The standard InChI is InChI=1S/C25H26N2O2/c1-16-9-11-17(12-10-16)22(23(28)26-25(2,3)4)27-15-20-13-18-7-5-6-8-19(18)14-21(20)24(27)29/h5-14,22H,15H2,1-4H3,(H,26,28). The predicted molar refractivity (Wildman–Crippen MR) is 116 cm³/mol. The summed E-state index contributed by atoms with van der Waals surface area (Å²) >= 11 is 0. The van der Waals surface area contributed by atoms with Crippen molar-refractivity contribution in [2.24, 2.45) is 0 Å². The Hall–Kier alpha value is -3.14. The number of fused-ring (bicyclic) bond motifs is 2.